The van der Waals surface area contributed by atoms with Crippen molar-refractivity contribution in [1.29, 1.82) is 0 Å². The van der Waals surface area contributed by atoms with Crippen molar-refractivity contribution in [3.05, 3.63) is 77.0 Å². The van der Waals surface area contributed by atoms with Crippen LogP contribution in [0.1, 0.15) is 77.7 Å². The number of hydrogen-bond donors (Lipinski definition) is 2. The molecule has 1 heterocycles. The number of carbonyl (C=O) groups is 1. The van der Waals surface area contributed by atoms with Gasteiger partial charge in [-0.25, -0.2) is 17.9 Å². The molecule has 0 radical (unpaired) electrons. The van der Waals surface area contributed by atoms with Crippen LogP contribution in [0.25, 0.3) is 11.1 Å². The zero-order chi connectivity index (χ0) is 26.5. The van der Waals surface area contributed by atoms with E-state index in [4.69, 9.17) is 4.52 Å². The molecule has 8 heteroatoms. The first-order chi connectivity index (χ1) is 17.1. The largest absolute Gasteiger partial charge is 0.478 e. The highest BCUT2D eigenvalue weighted by molar-refractivity contribution is 7.92. The van der Waals surface area contributed by atoms with Gasteiger partial charge in [-0.2, -0.15) is 0 Å². The summed E-state index contributed by atoms with van der Waals surface area (Å²) < 4.78 is 34.3. The van der Waals surface area contributed by atoms with Gasteiger partial charge >= 0.3 is 5.97 Å². The average molecular weight is 511 g/mol. The van der Waals surface area contributed by atoms with E-state index in [2.05, 4.69) is 23.4 Å². The predicted octanol–water partition coefficient (Wildman–Crippen LogP) is 7.01. The highest BCUT2D eigenvalue weighted by Gasteiger charge is 2.27. The number of benzene rings is 2. The number of unbranched alkanes of at least 4 members (excludes halogenated alkanes) is 3. The Hall–Kier alpha value is -3.39. The van der Waals surface area contributed by atoms with Crippen LogP contribution in [0.2, 0.25) is 0 Å². The van der Waals surface area contributed by atoms with Gasteiger partial charge in [0.15, 0.2) is 0 Å². The fourth-order valence-corrected chi connectivity index (χ4v) is 5.70. The Morgan fingerprint density at radius 2 is 1.81 bits per heavy atom. The van der Waals surface area contributed by atoms with Crippen LogP contribution in [0.3, 0.4) is 0 Å². The third-order valence-corrected chi connectivity index (χ3v) is 8.01. The van der Waals surface area contributed by atoms with Crippen LogP contribution in [0.15, 0.2) is 58.5 Å². The predicted molar refractivity (Wildman–Crippen MR) is 142 cm³/mol. The molecule has 2 N–H and O–H groups in total. The number of aromatic carboxylic acids is 1. The van der Waals surface area contributed by atoms with Crippen LogP contribution in [0, 0.1) is 20.8 Å². The van der Waals surface area contributed by atoms with Crippen LogP contribution in [-0.4, -0.2) is 24.7 Å². The highest BCUT2D eigenvalue weighted by atomic mass is 32.2. The first-order valence-electron chi connectivity index (χ1n) is 12.2. The van der Waals surface area contributed by atoms with Crippen molar-refractivity contribution < 1.29 is 22.8 Å². The third-order valence-electron chi connectivity index (χ3n) is 6.62. The standard InChI is InChI=1S/C28H34N2O5S/c1-6-8-9-10-13-21(7-2)22-16-17-24(26(19(22)4)28(31)32)23-14-11-12-15-25(23)36(33,34)30-27-18(3)20(5)29-35-27/h7,11-12,14-17,21,30H,2,6,8-10,13H2,1,3-5H3,(H,31,32). The molecule has 0 amide bonds. The Morgan fingerprint density at radius 3 is 2.42 bits per heavy atom. The molecule has 0 saturated heterocycles. The molecule has 1 atom stereocenters. The summed E-state index contributed by atoms with van der Waals surface area (Å²) in [5.74, 6) is -1.06. The number of nitrogens with zero attached hydrogens (tertiary/aromatic N) is 1. The summed E-state index contributed by atoms with van der Waals surface area (Å²) in [5, 5.41) is 14.0. The van der Waals surface area contributed by atoms with Gasteiger partial charge in [0, 0.05) is 17.0 Å². The summed E-state index contributed by atoms with van der Waals surface area (Å²) in [7, 11) is -4.10. The van der Waals surface area contributed by atoms with E-state index >= 15 is 0 Å². The maximum absolute atomic E-state index is 13.4. The lowest BCUT2D eigenvalue weighted by atomic mass is 9.85. The van der Waals surface area contributed by atoms with E-state index in [9.17, 15) is 18.3 Å². The van der Waals surface area contributed by atoms with Crippen molar-refractivity contribution in [2.75, 3.05) is 4.72 Å². The quantitative estimate of drug-likeness (QED) is 0.200. The van der Waals surface area contributed by atoms with Crippen LogP contribution in [-0.2, 0) is 10.0 Å². The van der Waals surface area contributed by atoms with Crippen molar-refractivity contribution in [3.63, 3.8) is 0 Å². The fourth-order valence-electron chi connectivity index (χ4n) is 4.43. The number of allylic oxidation sites excluding steroid dienone is 1. The molecule has 0 aliphatic heterocycles. The molecule has 1 aromatic heterocycles. The van der Waals surface area contributed by atoms with Gasteiger partial charge in [-0.1, -0.05) is 74.2 Å². The van der Waals surface area contributed by atoms with Crippen molar-refractivity contribution >= 4 is 21.9 Å². The van der Waals surface area contributed by atoms with E-state index in [1.165, 1.54) is 6.07 Å². The van der Waals surface area contributed by atoms with Crippen molar-refractivity contribution in [2.45, 2.75) is 70.6 Å². The summed E-state index contributed by atoms with van der Waals surface area (Å²) in [4.78, 5) is 12.4. The van der Waals surface area contributed by atoms with Gasteiger partial charge in [0.2, 0.25) is 5.88 Å². The minimum atomic E-state index is -4.10. The Morgan fingerprint density at radius 1 is 1.08 bits per heavy atom. The summed E-state index contributed by atoms with van der Waals surface area (Å²) in [6.07, 6.45) is 7.20. The molecule has 0 bridgehead atoms. The maximum Gasteiger partial charge on any atom is 0.336 e. The molecule has 0 saturated carbocycles. The molecule has 36 heavy (non-hydrogen) atoms. The van der Waals surface area contributed by atoms with E-state index in [0.29, 0.717) is 27.9 Å². The average Bonchev–Trinajstić information content (AvgIpc) is 3.15. The topological polar surface area (TPSA) is 110 Å². The second-order valence-corrected chi connectivity index (χ2v) is 10.7. The van der Waals surface area contributed by atoms with E-state index in [-0.39, 0.29) is 22.3 Å². The fraction of sp³-hybridized carbons (Fsp3) is 0.357. The summed E-state index contributed by atoms with van der Waals surface area (Å²) in [5.41, 5.74) is 3.38. The second kappa shape index (κ2) is 11.6. The smallest absolute Gasteiger partial charge is 0.336 e. The number of rotatable bonds is 12. The molecule has 3 rings (SSSR count). The molecule has 0 fully saturated rings. The first kappa shape index (κ1) is 27.2. The van der Waals surface area contributed by atoms with Crippen molar-refractivity contribution in [3.8, 4) is 11.1 Å². The molecule has 0 aliphatic rings. The molecule has 1 unspecified atom stereocenters. The van der Waals surface area contributed by atoms with Crippen LogP contribution < -0.4 is 4.72 Å². The number of carboxylic acids is 1. The minimum absolute atomic E-state index is 0.0207. The van der Waals surface area contributed by atoms with Gasteiger partial charge in [-0.3, -0.25) is 0 Å². The lowest BCUT2D eigenvalue weighted by Gasteiger charge is -2.20. The summed E-state index contributed by atoms with van der Waals surface area (Å²) >= 11 is 0. The van der Waals surface area contributed by atoms with E-state index < -0.39 is 16.0 Å². The summed E-state index contributed by atoms with van der Waals surface area (Å²) in [6.45, 7) is 11.3. The van der Waals surface area contributed by atoms with Crippen LogP contribution >= 0.6 is 0 Å². The molecular formula is C28H34N2O5S. The SMILES string of the molecule is C=CC(CCCCCC)c1ccc(-c2ccccc2S(=O)(=O)Nc2onc(C)c2C)c(C(=O)O)c1C. The lowest BCUT2D eigenvalue weighted by Crippen LogP contribution is -2.15. The number of anilines is 1. The Bertz CT molecular complexity index is 1360. The molecule has 3 aromatic rings. The Kier molecular flexibility index (Phi) is 8.74. The highest BCUT2D eigenvalue weighted by Crippen LogP contribution is 2.37. The van der Waals surface area contributed by atoms with E-state index in [1.54, 1.807) is 45.0 Å². The van der Waals surface area contributed by atoms with Gasteiger partial charge in [0.05, 0.1) is 16.2 Å². The number of sulfonamides is 1. The lowest BCUT2D eigenvalue weighted by molar-refractivity contribution is 0.0696. The van der Waals surface area contributed by atoms with Crippen LogP contribution in [0.5, 0.6) is 0 Å². The Balaban J connectivity index is 2.08. The van der Waals surface area contributed by atoms with Gasteiger partial charge in [-0.05, 0) is 49.9 Å². The second-order valence-electron chi connectivity index (χ2n) is 9.02. The van der Waals surface area contributed by atoms with Gasteiger partial charge in [-0.15, -0.1) is 6.58 Å². The number of aromatic nitrogens is 1. The third kappa shape index (κ3) is 5.70. The number of aryl methyl sites for hydroxylation is 1. The molecule has 2 aromatic carbocycles. The number of carboxylic acid groups (broad SMARTS) is 1. The Labute approximate surface area is 213 Å². The van der Waals surface area contributed by atoms with Crippen LogP contribution in [0.4, 0.5) is 5.88 Å². The van der Waals surface area contributed by atoms with Gasteiger partial charge in [0.1, 0.15) is 0 Å². The monoisotopic (exact) mass is 510 g/mol. The molecule has 0 spiro atoms. The zero-order valence-corrected chi connectivity index (χ0v) is 22.1. The zero-order valence-electron chi connectivity index (χ0n) is 21.3. The van der Waals surface area contributed by atoms with Crippen molar-refractivity contribution in [2.24, 2.45) is 0 Å². The number of nitrogens with one attached hydrogen (secondary N) is 1. The van der Waals surface area contributed by atoms with Gasteiger partial charge < -0.3 is 9.63 Å². The molecular weight excluding hydrogens is 476 g/mol. The molecule has 192 valence electrons. The van der Waals surface area contributed by atoms with Crippen molar-refractivity contribution in [1.82, 2.24) is 5.16 Å². The summed E-state index contributed by atoms with van der Waals surface area (Å²) in [6, 6.07) is 9.95. The van der Waals surface area contributed by atoms with Gasteiger partial charge in [0.25, 0.3) is 10.0 Å². The first-order valence-corrected chi connectivity index (χ1v) is 13.6. The normalized spacial score (nSPS) is 12.3. The number of hydrogen-bond acceptors (Lipinski definition) is 5. The molecule has 0 aliphatic carbocycles. The minimum Gasteiger partial charge on any atom is -0.478 e. The van der Waals surface area contributed by atoms with E-state index in [1.807, 2.05) is 12.1 Å². The molecule has 7 nitrogen and oxygen atoms in total. The van der Waals surface area contributed by atoms with E-state index in [0.717, 1.165) is 37.7 Å². The maximum atomic E-state index is 13.4.